The number of thioether (sulfide) groups is 1. The van der Waals surface area contributed by atoms with E-state index < -0.39 is 0 Å². The summed E-state index contributed by atoms with van der Waals surface area (Å²) in [6.45, 7) is 0.113. The van der Waals surface area contributed by atoms with E-state index in [0.717, 1.165) is 37.2 Å². The van der Waals surface area contributed by atoms with E-state index in [4.69, 9.17) is 10.5 Å². The molecule has 0 radical (unpaired) electrons. The van der Waals surface area contributed by atoms with E-state index in [0.29, 0.717) is 5.92 Å². The summed E-state index contributed by atoms with van der Waals surface area (Å²) < 4.78 is 5.22. The summed E-state index contributed by atoms with van der Waals surface area (Å²) in [5.41, 5.74) is 5.91. The summed E-state index contributed by atoms with van der Waals surface area (Å²) in [7, 11) is 1.69. The van der Waals surface area contributed by atoms with Crippen LogP contribution in [-0.2, 0) is 0 Å². The van der Waals surface area contributed by atoms with Crippen molar-refractivity contribution in [3.8, 4) is 5.75 Å². The quantitative estimate of drug-likeness (QED) is 0.787. The number of aliphatic hydroxyl groups excluding tert-OH is 1. The van der Waals surface area contributed by atoms with Crippen LogP contribution in [0.25, 0.3) is 0 Å². The Kier molecular flexibility index (Phi) is 5.13. The third kappa shape index (κ3) is 3.65. The molecule has 1 saturated carbocycles. The Morgan fingerprint density at radius 3 is 3.11 bits per heavy atom. The van der Waals surface area contributed by atoms with E-state index in [1.807, 2.05) is 23.9 Å². The Hall–Kier alpha value is -0.710. The van der Waals surface area contributed by atoms with Crippen LogP contribution in [0, 0.1) is 5.92 Å². The lowest BCUT2D eigenvalue weighted by Gasteiger charge is -2.29. The largest absolute Gasteiger partial charge is 0.497 e. The van der Waals surface area contributed by atoms with Crippen LogP contribution in [0.15, 0.2) is 29.2 Å². The average molecular weight is 281 g/mol. The van der Waals surface area contributed by atoms with Crippen LogP contribution in [0.1, 0.15) is 25.7 Å². The molecule has 0 amide bonds. The molecule has 1 aromatic carbocycles. The maximum absolute atomic E-state index is 9.43. The van der Waals surface area contributed by atoms with Crippen LogP contribution < -0.4 is 10.5 Å². The number of methoxy groups -OCH3 is 1. The molecule has 2 unspecified atom stereocenters. The molecule has 3 N–H and O–H groups in total. The van der Waals surface area contributed by atoms with E-state index in [9.17, 15) is 5.11 Å². The number of aliphatic hydroxyl groups is 1. The molecule has 0 spiro atoms. The number of benzene rings is 1. The number of hydrogen-bond donors (Lipinski definition) is 2. The maximum Gasteiger partial charge on any atom is 0.119 e. The summed E-state index contributed by atoms with van der Waals surface area (Å²) in [6, 6.07) is 8.13. The van der Waals surface area contributed by atoms with Gasteiger partial charge >= 0.3 is 0 Å². The van der Waals surface area contributed by atoms with Crippen molar-refractivity contribution in [2.24, 2.45) is 11.7 Å². The SMILES string of the molecule is COc1cccc(SCCC2CCCC2(N)CO)c1. The first kappa shape index (κ1) is 14.7. The van der Waals surface area contributed by atoms with Gasteiger partial charge in [-0.15, -0.1) is 11.8 Å². The van der Waals surface area contributed by atoms with Gasteiger partial charge in [-0.2, -0.15) is 0 Å². The minimum absolute atomic E-state index is 0.113. The van der Waals surface area contributed by atoms with Crippen molar-refractivity contribution in [3.05, 3.63) is 24.3 Å². The van der Waals surface area contributed by atoms with Crippen LogP contribution in [0.5, 0.6) is 5.75 Å². The molecule has 2 rings (SSSR count). The van der Waals surface area contributed by atoms with E-state index >= 15 is 0 Å². The highest BCUT2D eigenvalue weighted by Crippen LogP contribution is 2.37. The molecule has 0 aromatic heterocycles. The van der Waals surface area contributed by atoms with Gasteiger partial charge in [-0.1, -0.05) is 12.5 Å². The molecular weight excluding hydrogens is 258 g/mol. The predicted octanol–water partition coefficient (Wildman–Crippen LogP) is 2.67. The van der Waals surface area contributed by atoms with Gasteiger partial charge in [0.25, 0.3) is 0 Å². The second kappa shape index (κ2) is 6.64. The zero-order valence-corrected chi connectivity index (χ0v) is 12.3. The molecule has 1 aromatic rings. The number of hydrogen-bond acceptors (Lipinski definition) is 4. The summed E-state index contributed by atoms with van der Waals surface area (Å²) in [6.07, 6.45) is 4.32. The molecule has 0 heterocycles. The first-order valence-electron chi connectivity index (χ1n) is 6.84. The molecule has 0 bridgehead atoms. The van der Waals surface area contributed by atoms with Crippen molar-refractivity contribution in [1.29, 1.82) is 0 Å². The monoisotopic (exact) mass is 281 g/mol. The zero-order chi connectivity index (χ0) is 13.7. The third-order valence-corrected chi connectivity index (χ3v) is 5.11. The van der Waals surface area contributed by atoms with Crippen molar-refractivity contribution in [3.63, 3.8) is 0 Å². The predicted molar refractivity (Wildman–Crippen MR) is 79.7 cm³/mol. The third-order valence-electron chi connectivity index (χ3n) is 4.08. The first-order chi connectivity index (χ1) is 9.18. The van der Waals surface area contributed by atoms with Crippen molar-refractivity contribution in [1.82, 2.24) is 0 Å². The summed E-state index contributed by atoms with van der Waals surface area (Å²) in [5.74, 6) is 2.39. The molecule has 19 heavy (non-hydrogen) atoms. The lowest BCUT2D eigenvalue weighted by molar-refractivity contribution is 0.158. The van der Waals surface area contributed by atoms with Crippen LogP contribution >= 0.6 is 11.8 Å². The highest BCUT2D eigenvalue weighted by molar-refractivity contribution is 7.99. The Morgan fingerprint density at radius 2 is 2.37 bits per heavy atom. The second-order valence-corrected chi connectivity index (χ2v) is 6.46. The van der Waals surface area contributed by atoms with E-state index in [1.54, 1.807) is 7.11 Å². The van der Waals surface area contributed by atoms with E-state index in [-0.39, 0.29) is 12.1 Å². The normalized spacial score (nSPS) is 26.6. The van der Waals surface area contributed by atoms with Gasteiger partial charge in [0.1, 0.15) is 5.75 Å². The highest BCUT2D eigenvalue weighted by Gasteiger charge is 2.38. The van der Waals surface area contributed by atoms with Crippen LogP contribution in [0.3, 0.4) is 0 Å². The van der Waals surface area contributed by atoms with Crippen molar-refractivity contribution in [2.75, 3.05) is 19.5 Å². The standard InChI is InChI=1S/C15H23NO2S/c1-18-13-5-2-6-14(10-13)19-9-7-12-4-3-8-15(12,16)11-17/h2,5-6,10,12,17H,3-4,7-9,11,16H2,1H3. The van der Waals surface area contributed by atoms with Crippen molar-refractivity contribution >= 4 is 11.8 Å². The summed E-state index contributed by atoms with van der Waals surface area (Å²) in [4.78, 5) is 1.23. The van der Waals surface area contributed by atoms with Gasteiger partial charge in [0.05, 0.1) is 13.7 Å². The van der Waals surface area contributed by atoms with Gasteiger partial charge in [-0.25, -0.2) is 0 Å². The molecule has 1 aliphatic rings. The Balaban J connectivity index is 1.83. The lowest BCUT2D eigenvalue weighted by Crippen LogP contribution is -2.47. The minimum atomic E-state index is -0.338. The topological polar surface area (TPSA) is 55.5 Å². The van der Waals surface area contributed by atoms with Gasteiger partial charge in [-0.05, 0) is 49.1 Å². The van der Waals surface area contributed by atoms with E-state index in [2.05, 4.69) is 12.1 Å². The lowest BCUT2D eigenvalue weighted by atomic mass is 9.87. The molecule has 2 atom stereocenters. The molecular formula is C15H23NO2S. The molecule has 0 saturated heterocycles. The van der Waals surface area contributed by atoms with Gasteiger partial charge in [0.15, 0.2) is 0 Å². The smallest absolute Gasteiger partial charge is 0.119 e. The van der Waals surface area contributed by atoms with Gasteiger partial charge in [-0.3, -0.25) is 0 Å². The fourth-order valence-electron chi connectivity index (χ4n) is 2.82. The minimum Gasteiger partial charge on any atom is -0.497 e. The second-order valence-electron chi connectivity index (χ2n) is 5.30. The molecule has 4 heteroatoms. The molecule has 0 aliphatic heterocycles. The fraction of sp³-hybridized carbons (Fsp3) is 0.600. The van der Waals surface area contributed by atoms with Crippen molar-refractivity contribution < 1.29 is 9.84 Å². The summed E-state index contributed by atoms with van der Waals surface area (Å²) in [5, 5.41) is 9.43. The Morgan fingerprint density at radius 1 is 1.53 bits per heavy atom. The number of nitrogens with two attached hydrogens (primary N) is 1. The van der Waals surface area contributed by atoms with Crippen molar-refractivity contribution in [2.45, 2.75) is 36.1 Å². The fourth-order valence-corrected chi connectivity index (χ4v) is 3.83. The number of rotatable bonds is 6. The van der Waals surface area contributed by atoms with E-state index in [1.165, 1.54) is 4.90 Å². The average Bonchev–Trinajstić information content (AvgIpc) is 2.81. The van der Waals surface area contributed by atoms with Crippen LogP contribution in [-0.4, -0.2) is 30.1 Å². The zero-order valence-electron chi connectivity index (χ0n) is 11.5. The molecule has 1 fully saturated rings. The van der Waals surface area contributed by atoms with Gasteiger partial charge in [0.2, 0.25) is 0 Å². The Labute approximate surface area is 119 Å². The highest BCUT2D eigenvalue weighted by atomic mass is 32.2. The molecule has 3 nitrogen and oxygen atoms in total. The molecule has 1 aliphatic carbocycles. The first-order valence-corrected chi connectivity index (χ1v) is 7.83. The maximum atomic E-state index is 9.43. The van der Waals surface area contributed by atoms with Gasteiger partial charge in [0, 0.05) is 10.4 Å². The van der Waals surface area contributed by atoms with Crippen LogP contribution in [0.2, 0.25) is 0 Å². The Bertz CT molecular complexity index is 413. The summed E-state index contributed by atoms with van der Waals surface area (Å²) >= 11 is 1.83. The number of ether oxygens (including phenoxy) is 1. The molecule has 106 valence electrons. The van der Waals surface area contributed by atoms with Gasteiger partial charge < -0.3 is 15.6 Å². The van der Waals surface area contributed by atoms with Crippen LogP contribution in [0.4, 0.5) is 0 Å².